The quantitative estimate of drug-likeness (QED) is 0.471. The molecule has 7 heteroatoms. The number of anilines is 1. The molecule has 1 rings (SSSR count). The Labute approximate surface area is 116 Å². The van der Waals surface area contributed by atoms with Gasteiger partial charge < -0.3 is 9.64 Å². The van der Waals surface area contributed by atoms with Crippen molar-refractivity contribution < 1.29 is 18.8 Å². The molecule has 0 saturated heterocycles. The van der Waals surface area contributed by atoms with Gasteiger partial charge >= 0.3 is 5.97 Å². The standard InChI is InChI=1S/C13H17FN2O4/c1-8-5-11(12(16(18)19)6-10(8)14)15(3)7-9(2)13(17)20-4/h5-6,9H,7H2,1-4H3. The second-order valence-corrected chi connectivity index (χ2v) is 4.65. The fourth-order valence-electron chi connectivity index (χ4n) is 1.89. The predicted octanol–water partition coefficient (Wildman–Crippen LogP) is 2.29. The van der Waals surface area contributed by atoms with Crippen LogP contribution in [0.4, 0.5) is 15.8 Å². The summed E-state index contributed by atoms with van der Waals surface area (Å²) in [6.45, 7) is 3.42. The van der Waals surface area contributed by atoms with E-state index in [0.717, 1.165) is 6.07 Å². The number of nitro groups is 1. The number of halogens is 1. The third-order valence-corrected chi connectivity index (χ3v) is 3.02. The van der Waals surface area contributed by atoms with Gasteiger partial charge in [0.2, 0.25) is 0 Å². The van der Waals surface area contributed by atoms with Crippen molar-refractivity contribution in [2.24, 2.45) is 5.92 Å². The molecule has 0 amide bonds. The SMILES string of the molecule is COC(=O)C(C)CN(C)c1cc(C)c(F)cc1[N+](=O)[O-]. The van der Waals surface area contributed by atoms with Gasteiger partial charge in [-0.3, -0.25) is 14.9 Å². The maximum absolute atomic E-state index is 13.4. The molecule has 0 bridgehead atoms. The van der Waals surface area contributed by atoms with E-state index in [1.54, 1.807) is 18.9 Å². The van der Waals surface area contributed by atoms with Gasteiger partial charge in [-0.15, -0.1) is 0 Å². The molecule has 0 aromatic heterocycles. The Morgan fingerprint density at radius 1 is 1.55 bits per heavy atom. The third kappa shape index (κ3) is 3.43. The molecule has 1 aromatic rings. The Morgan fingerprint density at radius 2 is 2.15 bits per heavy atom. The monoisotopic (exact) mass is 284 g/mol. The van der Waals surface area contributed by atoms with Crippen LogP contribution in [0.15, 0.2) is 12.1 Å². The van der Waals surface area contributed by atoms with Gasteiger partial charge in [0, 0.05) is 13.6 Å². The lowest BCUT2D eigenvalue weighted by Crippen LogP contribution is -2.29. The molecule has 0 aliphatic heterocycles. The number of esters is 1. The first kappa shape index (κ1) is 15.9. The van der Waals surface area contributed by atoms with Gasteiger partial charge in [0.05, 0.1) is 24.0 Å². The average Bonchev–Trinajstić information content (AvgIpc) is 2.39. The first-order chi connectivity index (χ1) is 9.27. The molecule has 0 saturated carbocycles. The lowest BCUT2D eigenvalue weighted by atomic mass is 10.1. The maximum Gasteiger partial charge on any atom is 0.310 e. The van der Waals surface area contributed by atoms with E-state index < -0.39 is 22.6 Å². The van der Waals surface area contributed by atoms with Crippen molar-refractivity contribution >= 4 is 17.3 Å². The van der Waals surface area contributed by atoms with Crippen LogP contribution in [0.3, 0.4) is 0 Å². The highest BCUT2D eigenvalue weighted by atomic mass is 19.1. The number of nitro benzene ring substituents is 1. The third-order valence-electron chi connectivity index (χ3n) is 3.02. The normalized spacial score (nSPS) is 11.8. The highest BCUT2D eigenvalue weighted by Crippen LogP contribution is 2.30. The molecule has 20 heavy (non-hydrogen) atoms. The number of benzene rings is 1. The van der Waals surface area contributed by atoms with E-state index in [1.165, 1.54) is 20.1 Å². The lowest BCUT2D eigenvalue weighted by Gasteiger charge is -2.22. The van der Waals surface area contributed by atoms with Crippen molar-refractivity contribution in [1.29, 1.82) is 0 Å². The number of hydrogen-bond donors (Lipinski definition) is 0. The number of ether oxygens (including phenoxy) is 1. The van der Waals surface area contributed by atoms with Gasteiger partial charge in [0.25, 0.3) is 5.69 Å². The molecule has 0 fully saturated rings. The molecule has 1 unspecified atom stereocenters. The highest BCUT2D eigenvalue weighted by molar-refractivity contribution is 5.73. The van der Waals surface area contributed by atoms with E-state index in [2.05, 4.69) is 4.74 Å². The first-order valence-electron chi connectivity index (χ1n) is 6.01. The molecule has 0 radical (unpaired) electrons. The summed E-state index contributed by atoms with van der Waals surface area (Å²) in [7, 11) is 2.89. The summed E-state index contributed by atoms with van der Waals surface area (Å²) in [5.74, 6) is -1.48. The Hall–Kier alpha value is -2.18. The first-order valence-corrected chi connectivity index (χ1v) is 6.01. The molecular formula is C13H17FN2O4. The minimum Gasteiger partial charge on any atom is -0.469 e. The van der Waals surface area contributed by atoms with Crippen LogP contribution in [0.25, 0.3) is 0 Å². The topological polar surface area (TPSA) is 72.7 Å². The number of rotatable bonds is 5. The molecule has 1 aromatic carbocycles. The molecule has 6 nitrogen and oxygen atoms in total. The summed E-state index contributed by atoms with van der Waals surface area (Å²) in [6.07, 6.45) is 0. The Bertz CT molecular complexity index is 533. The van der Waals surface area contributed by atoms with E-state index in [4.69, 9.17) is 0 Å². The van der Waals surface area contributed by atoms with Gasteiger partial charge in [-0.25, -0.2) is 4.39 Å². The van der Waals surface area contributed by atoms with Gasteiger partial charge in [-0.2, -0.15) is 0 Å². The van der Waals surface area contributed by atoms with Crippen molar-refractivity contribution in [2.45, 2.75) is 13.8 Å². The van der Waals surface area contributed by atoms with E-state index in [-0.39, 0.29) is 17.9 Å². The van der Waals surface area contributed by atoms with Crippen molar-refractivity contribution in [3.8, 4) is 0 Å². The maximum atomic E-state index is 13.4. The van der Waals surface area contributed by atoms with Crippen molar-refractivity contribution in [3.63, 3.8) is 0 Å². The lowest BCUT2D eigenvalue weighted by molar-refractivity contribution is -0.384. The second-order valence-electron chi connectivity index (χ2n) is 4.65. The van der Waals surface area contributed by atoms with Crippen molar-refractivity contribution in [1.82, 2.24) is 0 Å². The zero-order valence-electron chi connectivity index (χ0n) is 11.8. The number of methoxy groups -OCH3 is 1. The Morgan fingerprint density at radius 3 is 2.65 bits per heavy atom. The highest BCUT2D eigenvalue weighted by Gasteiger charge is 2.23. The summed E-state index contributed by atoms with van der Waals surface area (Å²) in [6, 6.07) is 2.29. The number of aryl methyl sites for hydroxylation is 1. The van der Waals surface area contributed by atoms with Crippen LogP contribution in [0, 0.1) is 28.8 Å². The minimum atomic E-state index is -0.642. The molecule has 0 N–H and O–H groups in total. The van der Waals surface area contributed by atoms with E-state index in [0.29, 0.717) is 5.56 Å². The summed E-state index contributed by atoms with van der Waals surface area (Å²) >= 11 is 0. The largest absolute Gasteiger partial charge is 0.469 e. The number of hydrogen-bond acceptors (Lipinski definition) is 5. The fourth-order valence-corrected chi connectivity index (χ4v) is 1.89. The van der Waals surface area contributed by atoms with Crippen LogP contribution in [0.5, 0.6) is 0 Å². The number of nitrogens with zero attached hydrogens (tertiary/aromatic N) is 2. The number of carbonyl (C=O) groups is 1. The minimum absolute atomic E-state index is 0.235. The predicted molar refractivity (Wildman–Crippen MR) is 72.2 cm³/mol. The zero-order chi connectivity index (χ0) is 15.4. The Kier molecular flexibility index (Phi) is 5.01. The fraction of sp³-hybridized carbons (Fsp3) is 0.462. The summed E-state index contributed by atoms with van der Waals surface area (Å²) < 4.78 is 18.0. The molecule has 0 spiro atoms. The number of carbonyl (C=O) groups excluding carboxylic acids is 1. The molecule has 0 aliphatic rings. The zero-order valence-corrected chi connectivity index (χ0v) is 11.8. The van der Waals surface area contributed by atoms with Crippen molar-refractivity contribution in [3.05, 3.63) is 33.6 Å². The van der Waals surface area contributed by atoms with Gasteiger partial charge in [-0.05, 0) is 18.6 Å². The van der Waals surface area contributed by atoms with Gasteiger partial charge in [0.1, 0.15) is 11.5 Å². The van der Waals surface area contributed by atoms with Crippen LogP contribution in [-0.2, 0) is 9.53 Å². The Balaban J connectivity index is 3.08. The van der Waals surface area contributed by atoms with Crippen LogP contribution in [-0.4, -0.2) is 31.6 Å². The van der Waals surface area contributed by atoms with Crippen LogP contribution in [0.1, 0.15) is 12.5 Å². The summed E-state index contributed by atoms with van der Waals surface area (Å²) in [5.41, 5.74) is 0.250. The van der Waals surface area contributed by atoms with Gasteiger partial charge in [-0.1, -0.05) is 6.92 Å². The van der Waals surface area contributed by atoms with Crippen LogP contribution in [0.2, 0.25) is 0 Å². The smallest absolute Gasteiger partial charge is 0.310 e. The van der Waals surface area contributed by atoms with Crippen LogP contribution < -0.4 is 4.90 Å². The van der Waals surface area contributed by atoms with Gasteiger partial charge in [0.15, 0.2) is 0 Å². The van der Waals surface area contributed by atoms with Crippen molar-refractivity contribution in [2.75, 3.05) is 25.6 Å². The molecule has 0 heterocycles. The average molecular weight is 284 g/mol. The second kappa shape index (κ2) is 6.31. The van der Waals surface area contributed by atoms with Crippen LogP contribution >= 0.6 is 0 Å². The van der Waals surface area contributed by atoms with E-state index >= 15 is 0 Å². The van der Waals surface area contributed by atoms with E-state index in [1.807, 2.05) is 0 Å². The molecule has 0 aliphatic carbocycles. The molecular weight excluding hydrogens is 267 g/mol. The molecule has 1 atom stereocenters. The molecule has 110 valence electrons. The summed E-state index contributed by atoms with van der Waals surface area (Å²) in [5, 5.41) is 11.0. The van der Waals surface area contributed by atoms with E-state index in [9.17, 15) is 19.3 Å². The summed E-state index contributed by atoms with van der Waals surface area (Å²) in [4.78, 5) is 23.3.